The van der Waals surface area contributed by atoms with Gasteiger partial charge in [0.2, 0.25) is 0 Å². The first kappa shape index (κ1) is 67.5. The Labute approximate surface area is 473 Å². The highest BCUT2D eigenvalue weighted by Crippen LogP contribution is 2.52. The number of hydrogen-bond donors (Lipinski definition) is 15. The monoisotopic (exact) mass is 1240 g/mol. The number of hydrogen-bond acceptors (Lipinski definition) is 28. The third-order valence-electron chi connectivity index (χ3n) is 13.4. The number of aliphatic hydroxyl groups excluding tert-OH is 6. The van der Waals surface area contributed by atoms with Crippen molar-refractivity contribution in [1.82, 2.24) is 5.32 Å². The molecule has 79 heavy (non-hydrogen) atoms. The largest absolute Gasteiger partial charge is 0.394 e. The molecular formula is C38H68B3N8O24P3S3. The highest BCUT2D eigenvalue weighted by Gasteiger charge is 2.60. The first-order valence-electron chi connectivity index (χ1n) is 24.3. The van der Waals surface area contributed by atoms with Gasteiger partial charge in [0, 0.05) is 31.3 Å². The molecule has 0 aromatic heterocycles. The van der Waals surface area contributed by atoms with E-state index in [1.165, 1.54) is 21.1 Å². The molecule has 41 heteroatoms. The minimum atomic E-state index is -4.30. The standard InChI is InChI=1S/C38H68B3N8O24P3S3/c1-13-38(56,33(70-34-26(46-2)30(54)27(51)17(7-50)68-34)35(64-13)69-32-25(49-37(44)45)28(52)24(48-36(42)43)29(53)31(32)55)11-47-12-63-76(59,79)73-16-6-23(41)67-20(16)10-62-75(58,78)72-15-5-22(40)66-19(15)9-61-74(57,77)71-14-4-21(39)65-18(14)8-60-3/h11,13-35,46,50-56H,4-10,12H2,1-3H3,(H,57,77)(H,58,78)(H,59,79)(H4,42,43,48)(H4,44,45,49)/b47-11-. The van der Waals surface area contributed by atoms with E-state index >= 15 is 0 Å². The van der Waals surface area contributed by atoms with Crippen molar-refractivity contribution in [1.29, 1.82) is 0 Å². The Morgan fingerprint density at radius 2 is 1.14 bits per heavy atom. The second kappa shape index (κ2) is 28.7. The zero-order valence-corrected chi connectivity index (χ0v) is 47.8. The summed E-state index contributed by atoms with van der Waals surface area (Å²) in [5.41, 5.74) is 19.9. The van der Waals surface area contributed by atoms with Crippen molar-refractivity contribution < 1.29 is 115 Å². The number of guanidine groups is 2. The summed E-state index contributed by atoms with van der Waals surface area (Å²) >= 11 is 15.8. The molecule has 5 heterocycles. The molecule has 32 nitrogen and oxygen atoms in total. The smallest absolute Gasteiger partial charge is 0.326 e. The number of nitrogens with two attached hydrogens (primary N) is 4. The van der Waals surface area contributed by atoms with Crippen LogP contribution in [0.3, 0.4) is 0 Å². The van der Waals surface area contributed by atoms with Crippen LogP contribution in [0.2, 0.25) is 0 Å². The number of ether oxygens (including phenoxy) is 8. The van der Waals surface area contributed by atoms with Gasteiger partial charge in [0.05, 0.1) is 56.9 Å². The average molecular weight is 1240 g/mol. The van der Waals surface area contributed by atoms with Crippen LogP contribution in [-0.4, -0.2) is 285 Å². The predicted octanol–water partition coefficient (Wildman–Crippen LogP) is -7.98. The minimum Gasteiger partial charge on any atom is -0.394 e. The predicted molar refractivity (Wildman–Crippen MR) is 286 cm³/mol. The number of rotatable bonds is 26. The quantitative estimate of drug-likeness (QED) is 0.0166. The molecule has 27 atom stereocenters. The van der Waals surface area contributed by atoms with Gasteiger partial charge in [-0.25, -0.2) is 9.98 Å². The highest BCUT2D eigenvalue weighted by molar-refractivity contribution is 8.07. The summed E-state index contributed by atoms with van der Waals surface area (Å²) in [5, 5.41) is 80.4. The fourth-order valence-corrected chi connectivity index (χ4v) is 13.8. The van der Waals surface area contributed by atoms with E-state index in [0.29, 0.717) is 0 Å². The fourth-order valence-electron chi connectivity index (χ4n) is 9.51. The normalized spacial score (nSPS) is 44.0. The molecule has 19 N–H and O–H groups in total. The molecule has 0 bridgehead atoms. The molecule has 6 fully saturated rings. The Kier molecular flexibility index (Phi) is 24.5. The van der Waals surface area contributed by atoms with Gasteiger partial charge in [0.15, 0.2) is 30.1 Å². The van der Waals surface area contributed by atoms with Gasteiger partial charge in [-0.1, -0.05) is 0 Å². The van der Waals surface area contributed by atoms with Crippen LogP contribution in [0.1, 0.15) is 26.2 Å². The summed E-state index contributed by atoms with van der Waals surface area (Å²) in [6.07, 6.45) is -23.3. The minimum absolute atomic E-state index is 0.0126. The Hall–Kier alpha value is -0.645. The van der Waals surface area contributed by atoms with Crippen LogP contribution in [0.15, 0.2) is 15.0 Å². The third-order valence-corrected chi connectivity index (χ3v) is 18.1. The lowest BCUT2D eigenvalue weighted by Crippen LogP contribution is -2.66. The Balaban J connectivity index is 1.11. The summed E-state index contributed by atoms with van der Waals surface area (Å²) in [7, 11) is 20.8. The summed E-state index contributed by atoms with van der Waals surface area (Å²) in [6, 6.07) is -6.99. The summed E-state index contributed by atoms with van der Waals surface area (Å²) < 4.78 is 80.0. The maximum Gasteiger partial charge on any atom is 0.326 e. The van der Waals surface area contributed by atoms with Gasteiger partial charge in [-0.3, -0.25) is 9.52 Å². The second-order valence-electron chi connectivity index (χ2n) is 19.1. The van der Waals surface area contributed by atoms with E-state index in [4.69, 9.17) is 147 Å². The SMILES string of the molecule is [B]C1CC(OP(O)(=S)OCC2OC([B])CC2OP(O)(=S)OCC2OC([B])CC2OP(O)(=S)OC/N=C\C2(O)C(C)OC(OC3C(O)C(O)C(N=C(N)N)C(O)C3N=C(N)N)C2OC2OC(CO)C(O)C(O)C2NC)C(COC)O1. The van der Waals surface area contributed by atoms with Crippen molar-refractivity contribution in [3.05, 3.63) is 0 Å². The van der Waals surface area contributed by atoms with E-state index in [9.17, 15) is 50.4 Å². The Morgan fingerprint density at radius 3 is 1.61 bits per heavy atom. The van der Waals surface area contributed by atoms with Crippen LogP contribution < -0.4 is 28.3 Å². The van der Waals surface area contributed by atoms with Crippen LogP contribution in [0.4, 0.5) is 0 Å². The molecule has 1 aliphatic carbocycles. The van der Waals surface area contributed by atoms with Crippen molar-refractivity contribution in [3.63, 3.8) is 0 Å². The van der Waals surface area contributed by atoms with Gasteiger partial charge < -0.3 is 139 Å². The first-order chi connectivity index (χ1) is 36.9. The van der Waals surface area contributed by atoms with Crippen molar-refractivity contribution in [2.75, 3.05) is 47.3 Å². The van der Waals surface area contributed by atoms with Gasteiger partial charge in [0.1, 0.15) is 109 Å². The van der Waals surface area contributed by atoms with E-state index in [2.05, 4.69) is 20.3 Å². The van der Waals surface area contributed by atoms with Crippen molar-refractivity contribution in [2.24, 2.45) is 37.9 Å². The Bertz CT molecular complexity index is 2260. The molecule has 6 aliphatic rings. The molecule has 27 unspecified atom stereocenters. The lowest BCUT2D eigenvalue weighted by molar-refractivity contribution is -0.313. The van der Waals surface area contributed by atoms with Crippen LogP contribution in [-0.2, 0) is 100 Å². The van der Waals surface area contributed by atoms with Crippen LogP contribution in [0, 0.1) is 0 Å². The van der Waals surface area contributed by atoms with E-state index in [1.54, 1.807) is 0 Å². The first-order valence-corrected chi connectivity index (χ1v) is 32.1. The molecule has 0 aromatic carbocycles. The number of nitrogens with one attached hydrogen (secondary N) is 1. The topological polar surface area (TPSA) is 485 Å². The molecule has 0 aromatic rings. The molecular weight excluding hydrogens is 1170 g/mol. The van der Waals surface area contributed by atoms with Crippen molar-refractivity contribution in [2.45, 2.75) is 172 Å². The second-order valence-corrected chi connectivity index (χ2v) is 27.4. The molecule has 0 amide bonds. The molecule has 5 saturated heterocycles. The zero-order valence-electron chi connectivity index (χ0n) is 42.7. The molecule has 446 valence electrons. The number of likely N-dealkylation sites (N-methyl/N-ethyl adjacent to an activating group) is 1. The lowest BCUT2D eigenvalue weighted by Gasteiger charge is -2.45. The van der Waals surface area contributed by atoms with E-state index in [-0.39, 0.29) is 25.9 Å². The third kappa shape index (κ3) is 17.5. The maximum atomic E-state index is 12.4. The highest BCUT2D eigenvalue weighted by atomic mass is 32.5. The molecule has 6 radical (unpaired) electrons. The van der Waals surface area contributed by atoms with E-state index in [1.807, 2.05) is 0 Å². The average Bonchev–Trinajstić information content (AvgIpc) is 4.12. The number of aliphatic imine (C=N–C) groups is 3. The molecule has 5 aliphatic heterocycles. The fraction of sp³-hybridized carbons (Fsp3) is 0.921. The lowest BCUT2D eigenvalue weighted by atomic mass is 9.81. The molecule has 0 spiro atoms. The molecule has 1 saturated carbocycles. The zero-order chi connectivity index (χ0) is 58.5. The van der Waals surface area contributed by atoms with E-state index in [0.717, 1.165) is 6.21 Å². The maximum absolute atomic E-state index is 12.4. The summed E-state index contributed by atoms with van der Waals surface area (Å²) in [4.78, 5) is 45.1. The van der Waals surface area contributed by atoms with Gasteiger partial charge in [-0.15, -0.1) is 0 Å². The van der Waals surface area contributed by atoms with Crippen molar-refractivity contribution in [3.8, 4) is 0 Å². The van der Waals surface area contributed by atoms with Gasteiger partial charge in [-0.05, 0) is 68.7 Å². The van der Waals surface area contributed by atoms with Gasteiger partial charge in [0.25, 0.3) is 0 Å². The van der Waals surface area contributed by atoms with E-state index < -0.39 is 205 Å². The van der Waals surface area contributed by atoms with Crippen molar-refractivity contribution >= 4 is 97.2 Å². The Morgan fingerprint density at radius 1 is 0.658 bits per heavy atom. The summed E-state index contributed by atoms with van der Waals surface area (Å²) in [6.45, 7) is -13.4. The number of aliphatic hydroxyl groups is 7. The van der Waals surface area contributed by atoms with Crippen LogP contribution >= 0.6 is 20.2 Å². The van der Waals surface area contributed by atoms with Crippen LogP contribution in [0.25, 0.3) is 0 Å². The van der Waals surface area contributed by atoms with Gasteiger partial charge >= 0.3 is 20.2 Å². The number of nitrogens with zero attached hydrogens (tertiary/aromatic N) is 3. The van der Waals surface area contributed by atoms with Gasteiger partial charge in [-0.2, -0.15) is 0 Å². The number of methoxy groups -OCH3 is 1. The molecule has 6 rings (SSSR count). The summed E-state index contributed by atoms with van der Waals surface area (Å²) in [5.74, 6) is -1.15. The van der Waals surface area contributed by atoms with Crippen LogP contribution in [0.5, 0.6) is 0 Å².